The van der Waals surface area contributed by atoms with Gasteiger partial charge in [0.25, 0.3) is 0 Å². The SMILES string of the molecule is c1ccc2c(c1)CCO[C@H]2C1COCCN1. The van der Waals surface area contributed by atoms with E-state index in [9.17, 15) is 0 Å². The molecule has 2 atom stereocenters. The molecule has 0 aliphatic carbocycles. The Morgan fingerprint density at radius 3 is 3.00 bits per heavy atom. The van der Waals surface area contributed by atoms with Gasteiger partial charge in [0, 0.05) is 6.54 Å². The first-order chi connectivity index (χ1) is 7.95. The number of hydrogen-bond acceptors (Lipinski definition) is 3. The van der Waals surface area contributed by atoms with Crippen molar-refractivity contribution < 1.29 is 9.47 Å². The van der Waals surface area contributed by atoms with Crippen LogP contribution in [0.15, 0.2) is 24.3 Å². The van der Waals surface area contributed by atoms with Crippen LogP contribution in [-0.4, -0.2) is 32.4 Å². The van der Waals surface area contributed by atoms with Gasteiger partial charge in [-0.3, -0.25) is 0 Å². The normalized spacial score (nSPS) is 29.8. The average Bonchev–Trinajstić information content (AvgIpc) is 2.39. The van der Waals surface area contributed by atoms with Crippen molar-refractivity contribution in [2.24, 2.45) is 0 Å². The average molecular weight is 219 g/mol. The van der Waals surface area contributed by atoms with E-state index in [1.807, 2.05) is 0 Å². The molecule has 0 amide bonds. The van der Waals surface area contributed by atoms with Gasteiger partial charge in [0.15, 0.2) is 0 Å². The number of morpholine rings is 1. The van der Waals surface area contributed by atoms with Crippen molar-refractivity contribution in [3.8, 4) is 0 Å². The fraction of sp³-hybridized carbons (Fsp3) is 0.538. The molecular weight excluding hydrogens is 202 g/mol. The van der Waals surface area contributed by atoms with Crippen molar-refractivity contribution in [1.29, 1.82) is 0 Å². The lowest BCUT2D eigenvalue weighted by atomic mass is 9.93. The largest absolute Gasteiger partial charge is 0.378 e. The first kappa shape index (κ1) is 10.3. The monoisotopic (exact) mass is 219 g/mol. The molecule has 0 aromatic heterocycles. The van der Waals surface area contributed by atoms with Crippen molar-refractivity contribution in [2.75, 3.05) is 26.4 Å². The molecule has 2 aliphatic rings. The Kier molecular flexibility index (Phi) is 2.91. The number of benzene rings is 1. The third-order valence-electron chi connectivity index (χ3n) is 3.35. The van der Waals surface area contributed by atoms with Crippen LogP contribution in [0.2, 0.25) is 0 Å². The van der Waals surface area contributed by atoms with Crippen molar-refractivity contribution >= 4 is 0 Å². The highest BCUT2D eigenvalue weighted by molar-refractivity contribution is 5.32. The lowest BCUT2D eigenvalue weighted by Crippen LogP contribution is -2.46. The smallest absolute Gasteiger partial charge is 0.100 e. The molecule has 2 aliphatic heterocycles. The maximum absolute atomic E-state index is 5.90. The van der Waals surface area contributed by atoms with E-state index < -0.39 is 0 Å². The predicted octanol–water partition coefficient (Wildman–Crippen LogP) is 1.29. The predicted molar refractivity (Wildman–Crippen MR) is 61.4 cm³/mol. The fourth-order valence-electron chi connectivity index (χ4n) is 2.54. The Morgan fingerprint density at radius 2 is 2.12 bits per heavy atom. The second-order valence-corrected chi connectivity index (χ2v) is 4.38. The molecule has 0 bridgehead atoms. The molecule has 3 rings (SSSR count). The van der Waals surface area contributed by atoms with Crippen LogP contribution >= 0.6 is 0 Å². The number of hydrogen-bond donors (Lipinski definition) is 1. The van der Waals surface area contributed by atoms with Gasteiger partial charge in [0.2, 0.25) is 0 Å². The molecule has 1 fully saturated rings. The topological polar surface area (TPSA) is 30.5 Å². The van der Waals surface area contributed by atoms with Crippen LogP contribution in [0, 0.1) is 0 Å². The van der Waals surface area contributed by atoms with E-state index >= 15 is 0 Å². The molecule has 0 radical (unpaired) electrons. The van der Waals surface area contributed by atoms with E-state index in [4.69, 9.17) is 9.47 Å². The highest BCUT2D eigenvalue weighted by atomic mass is 16.5. The van der Waals surface area contributed by atoms with Crippen LogP contribution in [0.5, 0.6) is 0 Å². The van der Waals surface area contributed by atoms with E-state index in [0.717, 1.165) is 32.8 Å². The van der Waals surface area contributed by atoms with Crippen LogP contribution in [0.4, 0.5) is 0 Å². The standard InChI is InChI=1S/C13H17NO2/c1-2-4-11-10(3-1)5-7-16-13(11)12-9-15-8-6-14-12/h1-4,12-14H,5-9H2/t12?,13-/m1/s1. The van der Waals surface area contributed by atoms with Gasteiger partial charge in [0.1, 0.15) is 6.10 Å². The molecule has 1 aromatic rings. The molecule has 3 nitrogen and oxygen atoms in total. The van der Waals surface area contributed by atoms with Gasteiger partial charge >= 0.3 is 0 Å². The summed E-state index contributed by atoms with van der Waals surface area (Å²) >= 11 is 0. The van der Waals surface area contributed by atoms with Crippen LogP contribution in [0.25, 0.3) is 0 Å². The Morgan fingerprint density at radius 1 is 1.19 bits per heavy atom. The third-order valence-corrected chi connectivity index (χ3v) is 3.35. The summed E-state index contributed by atoms with van der Waals surface area (Å²) in [6, 6.07) is 8.87. The molecule has 86 valence electrons. The Labute approximate surface area is 95.8 Å². The summed E-state index contributed by atoms with van der Waals surface area (Å²) in [5.41, 5.74) is 2.75. The minimum Gasteiger partial charge on any atom is -0.378 e. The number of fused-ring (bicyclic) bond motifs is 1. The van der Waals surface area contributed by atoms with E-state index in [1.54, 1.807) is 0 Å². The maximum Gasteiger partial charge on any atom is 0.100 e. The molecule has 1 unspecified atom stereocenters. The number of ether oxygens (including phenoxy) is 2. The van der Waals surface area contributed by atoms with Crippen LogP contribution in [0.3, 0.4) is 0 Å². The van der Waals surface area contributed by atoms with Crippen LogP contribution in [-0.2, 0) is 15.9 Å². The summed E-state index contributed by atoms with van der Waals surface area (Å²) in [5, 5.41) is 3.48. The zero-order valence-electron chi connectivity index (χ0n) is 9.32. The van der Waals surface area contributed by atoms with Crippen LogP contribution in [0.1, 0.15) is 17.2 Å². The fourth-order valence-corrected chi connectivity index (χ4v) is 2.54. The van der Waals surface area contributed by atoms with E-state index in [2.05, 4.69) is 29.6 Å². The third kappa shape index (κ3) is 1.86. The van der Waals surface area contributed by atoms with Gasteiger partial charge in [-0.1, -0.05) is 24.3 Å². The van der Waals surface area contributed by atoms with Crippen molar-refractivity contribution in [3.05, 3.63) is 35.4 Å². The number of nitrogens with one attached hydrogen (secondary N) is 1. The lowest BCUT2D eigenvalue weighted by Gasteiger charge is -2.35. The summed E-state index contributed by atoms with van der Waals surface area (Å²) in [7, 11) is 0. The van der Waals surface area contributed by atoms with E-state index in [0.29, 0.717) is 6.04 Å². The van der Waals surface area contributed by atoms with E-state index in [-0.39, 0.29) is 6.10 Å². The van der Waals surface area contributed by atoms with Crippen molar-refractivity contribution in [2.45, 2.75) is 18.6 Å². The summed E-state index contributed by atoms with van der Waals surface area (Å²) in [5.74, 6) is 0. The zero-order valence-corrected chi connectivity index (χ0v) is 9.32. The summed E-state index contributed by atoms with van der Waals surface area (Å²) in [4.78, 5) is 0. The molecule has 1 aromatic carbocycles. The Balaban J connectivity index is 1.86. The number of rotatable bonds is 1. The van der Waals surface area contributed by atoms with Crippen molar-refractivity contribution in [3.63, 3.8) is 0 Å². The highest BCUT2D eigenvalue weighted by Crippen LogP contribution is 2.30. The highest BCUT2D eigenvalue weighted by Gasteiger charge is 2.29. The van der Waals surface area contributed by atoms with E-state index in [1.165, 1.54) is 11.1 Å². The van der Waals surface area contributed by atoms with Gasteiger partial charge in [-0.15, -0.1) is 0 Å². The summed E-state index contributed by atoms with van der Waals surface area (Å²) in [6.07, 6.45) is 1.19. The molecular formula is C13H17NO2. The molecule has 3 heteroatoms. The zero-order chi connectivity index (χ0) is 10.8. The quantitative estimate of drug-likeness (QED) is 0.772. The van der Waals surface area contributed by atoms with Gasteiger partial charge in [0.05, 0.1) is 25.9 Å². The van der Waals surface area contributed by atoms with Gasteiger partial charge in [-0.2, -0.15) is 0 Å². The minimum absolute atomic E-state index is 0.158. The maximum atomic E-state index is 5.90. The Hall–Kier alpha value is -0.900. The first-order valence-corrected chi connectivity index (χ1v) is 5.96. The molecule has 2 heterocycles. The van der Waals surface area contributed by atoms with Crippen LogP contribution < -0.4 is 5.32 Å². The van der Waals surface area contributed by atoms with Crippen molar-refractivity contribution in [1.82, 2.24) is 5.32 Å². The van der Waals surface area contributed by atoms with Gasteiger partial charge < -0.3 is 14.8 Å². The second-order valence-electron chi connectivity index (χ2n) is 4.38. The molecule has 1 saturated heterocycles. The Bertz CT molecular complexity index is 361. The lowest BCUT2D eigenvalue weighted by molar-refractivity contribution is -0.0310. The molecule has 1 N–H and O–H groups in total. The molecule has 16 heavy (non-hydrogen) atoms. The second kappa shape index (κ2) is 4.53. The summed E-state index contributed by atoms with van der Waals surface area (Å²) < 4.78 is 11.4. The first-order valence-electron chi connectivity index (χ1n) is 5.96. The minimum atomic E-state index is 0.158. The summed E-state index contributed by atoms with van der Waals surface area (Å²) in [6.45, 7) is 3.30. The molecule has 0 spiro atoms. The van der Waals surface area contributed by atoms with Gasteiger partial charge in [-0.25, -0.2) is 0 Å². The van der Waals surface area contributed by atoms with Gasteiger partial charge in [-0.05, 0) is 17.5 Å². The molecule has 0 saturated carbocycles.